The number of aliphatic carboxylic acids is 1. The fraction of sp³-hybridized carbons (Fsp3) is 0.200. The molecule has 3 aromatic carbocycles. The Morgan fingerprint density at radius 2 is 1.36 bits per heavy atom. The first-order chi connectivity index (χ1) is 15.8. The average molecular weight is 456 g/mol. The number of alkyl halides is 3. The maximum absolute atomic E-state index is 10.6. The van der Waals surface area contributed by atoms with Crippen LogP contribution in [0.3, 0.4) is 0 Å². The summed E-state index contributed by atoms with van der Waals surface area (Å²) in [5.74, 6) is -1.88. The van der Waals surface area contributed by atoms with Gasteiger partial charge in [0.05, 0.1) is 6.04 Å². The lowest BCUT2D eigenvalue weighted by Crippen LogP contribution is -2.29. The quantitative estimate of drug-likeness (QED) is 0.533. The van der Waals surface area contributed by atoms with Crippen LogP contribution in [-0.4, -0.2) is 30.2 Å². The molecule has 172 valence electrons. The molecule has 3 aromatic rings. The van der Waals surface area contributed by atoms with Crippen molar-refractivity contribution in [1.82, 2.24) is 5.32 Å². The molecule has 33 heavy (non-hydrogen) atoms. The summed E-state index contributed by atoms with van der Waals surface area (Å²) in [5, 5.41) is 10.8. The number of carboxylic acid groups (broad SMARTS) is 1. The molecule has 1 heterocycles. The molecule has 8 heteroatoms. The normalized spacial score (nSPS) is 18.4. The highest BCUT2D eigenvalue weighted by Gasteiger charge is 2.38. The van der Waals surface area contributed by atoms with Gasteiger partial charge in [0.15, 0.2) is 0 Å². The molecule has 0 amide bonds. The lowest BCUT2D eigenvalue weighted by molar-refractivity contribution is -0.192. The smallest absolute Gasteiger partial charge is 0.475 e. The first-order valence-electron chi connectivity index (χ1n) is 10.1. The van der Waals surface area contributed by atoms with Crippen molar-refractivity contribution in [1.29, 1.82) is 0 Å². The molecule has 2 N–H and O–H groups in total. The summed E-state index contributed by atoms with van der Waals surface area (Å²) in [7, 11) is 1.73. The molecule has 0 spiro atoms. The van der Waals surface area contributed by atoms with Crippen molar-refractivity contribution >= 4 is 11.8 Å². The van der Waals surface area contributed by atoms with Crippen molar-refractivity contribution < 1.29 is 27.8 Å². The number of carboxylic acids is 1. The Balaban J connectivity index is 0.000000383. The Bertz CT molecular complexity index is 1060. The van der Waals surface area contributed by atoms with Crippen LogP contribution in [0.4, 0.5) is 13.2 Å². The molecule has 0 radical (unpaired) electrons. The second-order valence-electron chi connectivity index (χ2n) is 7.23. The molecule has 0 aliphatic carbocycles. The number of halogens is 3. The fourth-order valence-electron chi connectivity index (χ4n) is 3.52. The zero-order chi connectivity index (χ0) is 23.8. The van der Waals surface area contributed by atoms with Crippen molar-refractivity contribution in [2.24, 2.45) is 4.99 Å². The zero-order valence-electron chi connectivity index (χ0n) is 17.7. The molecule has 4 rings (SSSR count). The van der Waals surface area contributed by atoms with Crippen LogP contribution in [0.2, 0.25) is 0 Å². The Labute approximate surface area is 189 Å². The van der Waals surface area contributed by atoms with Crippen LogP contribution < -0.4 is 5.32 Å². The van der Waals surface area contributed by atoms with Crippen LogP contribution in [-0.2, 0) is 9.53 Å². The predicted molar refractivity (Wildman–Crippen MR) is 119 cm³/mol. The van der Waals surface area contributed by atoms with Gasteiger partial charge in [-0.25, -0.2) is 4.79 Å². The van der Waals surface area contributed by atoms with Crippen LogP contribution in [0, 0.1) is 0 Å². The zero-order valence-corrected chi connectivity index (χ0v) is 17.7. The summed E-state index contributed by atoms with van der Waals surface area (Å²) in [6.07, 6.45) is -5.28. The number of carbonyl (C=O) groups is 1. The molecule has 1 aliphatic heterocycles. The standard InChI is InChI=1S/C23H22N2O.C2HF3O2/c1-26-22(19-15-9-4-10-16-19)23-24-20(17-11-5-2-6-12-17)21(25-23)18-13-7-3-8-14-18;3-2(4,5)1(6)7/h2-16,20-22H,1H3,(H,24,25);(H,6,7). The third-order valence-corrected chi connectivity index (χ3v) is 5.03. The van der Waals surface area contributed by atoms with Gasteiger partial charge in [0.25, 0.3) is 0 Å². The summed E-state index contributed by atoms with van der Waals surface area (Å²) in [6.45, 7) is 0. The Hall–Kier alpha value is -3.65. The number of hydrogen-bond donors (Lipinski definition) is 2. The molecule has 3 unspecified atom stereocenters. The van der Waals surface area contributed by atoms with Gasteiger partial charge in [0.1, 0.15) is 18.0 Å². The van der Waals surface area contributed by atoms with Gasteiger partial charge in [0, 0.05) is 7.11 Å². The molecule has 1 aliphatic rings. The minimum Gasteiger partial charge on any atom is -0.475 e. The minimum atomic E-state index is -5.08. The van der Waals surface area contributed by atoms with E-state index in [1.807, 2.05) is 30.3 Å². The number of ether oxygens (including phenoxy) is 1. The predicted octanol–water partition coefficient (Wildman–Crippen LogP) is 5.49. The highest BCUT2D eigenvalue weighted by atomic mass is 19.4. The van der Waals surface area contributed by atoms with Crippen molar-refractivity contribution in [2.75, 3.05) is 7.11 Å². The van der Waals surface area contributed by atoms with Gasteiger partial charge in [-0.2, -0.15) is 13.2 Å². The first-order valence-corrected chi connectivity index (χ1v) is 10.1. The summed E-state index contributed by atoms with van der Waals surface area (Å²) < 4.78 is 37.5. The fourth-order valence-corrected chi connectivity index (χ4v) is 3.52. The highest BCUT2D eigenvalue weighted by Crippen LogP contribution is 2.38. The van der Waals surface area contributed by atoms with E-state index in [0.29, 0.717) is 0 Å². The van der Waals surface area contributed by atoms with E-state index in [2.05, 4.69) is 66.0 Å². The van der Waals surface area contributed by atoms with Gasteiger partial charge in [-0.3, -0.25) is 4.99 Å². The van der Waals surface area contributed by atoms with Gasteiger partial charge in [-0.05, 0) is 16.7 Å². The number of methoxy groups -OCH3 is 1. The molecule has 0 aromatic heterocycles. The minimum absolute atomic E-state index is 0.0231. The van der Waals surface area contributed by atoms with Crippen LogP contribution in [0.15, 0.2) is 96.0 Å². The van der Waals surface area contributed by atoms with E-state index in [1.165, 1.54) is 11.1 Å². The SMILES string of the molecule is COC(C1=NC(c2ccccc2)C(c2ccccc2)N1)c1ccccc1.O=C(O)C(F)(F)F. The Morgan fingerprint density at radius 1 is 0.909 bits per heavy atom. The second kappa shape index (κ2) is 10.8. The van der Waals surface area contributed by atoms with Gasteiger partial charge in [-0.1, -0.05) is 91.0 Å². The van der Waals surface area contributed by atoms with Crippen LogP contribution in [0.5, 0.6) is 0 Å². The van der Waals surface area contributed by atoms with Crippen molar-refractivity contribution in [3.63, 3.8) is 0 Å². The Kier molecular flexibility index (Phi) is 7.84. The van der Waals surface area contributed by atoms with E-state index < -0.39 is 12.1 Å². The van der Waals surface area contributed by atoms with E-state index in [0.717, 1.165) is 11.4 Å². The number of aliphatic imine (C=N–C) groups is 1. The van der Waals surface area contributed by atoms with Crippen LogP contribution in [0.1, 0.15) is 34.9 Å². The third-order valence-electron chi connectivity index (χ3n) is 5.03. The molecule has 3 atom stereocenters. The maximum atomic E-state index is 10.6. The molecular weight excluding hydrogens is 433 g/mol. The maximum Gasteiger partial charge on any atom is 0.490 e. The molecule has 0 saturated heterocycles. The topological polar surface area (TPSA) is 70.9 Å². The summed E-state index contributed by atoms with van der Waals surface area (Å²) in [4.78, 5) is 13.9. The third kappa shape index (κ3) is 6.20. The number of rotatable bonds is 5. The molecule has 5 nitrogen and oxygen atoms in total. The van der Waals surface area contributed by atoms with E-state index in [4.69, 9.17) is 19.6 Å². The van der Waals surface area contributed by atoms with E-state index >= 15 is 0 Å². The number of amidine groups is 1. The van der Waals surface area contributed by atoms with Crippen LogP contribution >= 0.6 is 0 Å². The van der Waals surface area contributed by atoms with Crippen LogP contribution in [0.25, 0.3) is 0 Å². The number of nitrogens with one attached hydrogen (secondary N) is 1. The summed E-state index contributed by atoms with van der Waals surface area (Å²) in [6, 6.07) is 31.3. The number of hydrogen-bond acceptors (Lipinski definition) is 4. The van der Waals surface area contributed by atoms with Crippen molar-refractivity contribution in [3.05, 3.63) is 108 Å². The average Bonchev–Trinajstić information content (AvgIpc) is 3.26. The van der Waals surface area contributed by atoms with E-state index in [9.17, 15) is 13.2 Å². The lowest BCUT2D eigenvalue weighted by Gasteiger charge is -2.21. The van der Waals surface area contributed by atoms with Crippen molar-refractivity contribution in [2.45, 2.75) is 24.4 Å². The molecule has 0 fully saturated rings. The highest BCUT2D eigenvalue weighted by molar-refractivity contribution is 5.90. The van der Waals surface area contributed by atoms with Gasteiger partial charge >= 0.3 is 12.1 Å². The summed E-state index contributed by atoms with van der Waals surface area (Å²) >= 11 is 0. The van der Waals surface area contributed by atoms with Gasteiger partial charge < -0.3 is 15.2 Å². The first kappa shape index (κ1) is 24.0. The lowest BCUT2D eigenvalue weighted by atomic mass is 9.95. The molecule has 0 bridgehead atoms. The van der Waals surface area contributed by atoms with Gasteiger partial charge in [-0.15, -0.1) is 0 Å². The molecule has 0 saturated carbocycles. The van der Waals surface area contributed by atoms with E-state index in [-0.39, 0.29) is 18.2 Å². The molecular formula is C25H23F3N2O3. The number of benzene rings is 3. The monoisotopic (exact) mass is 456 g/mol. The van der Waals surface area contributed by atoms with Crippen molar-refractivity contribution in [3.8, 4) is 0 Å². The van der Waals surface area contributed by atoms with Gasteiger partial charge in [0.2, 0.25) is 0 Å². The second-order valence-corrected chi connectivity index (χ2v) is 7.23. The summed E-state index contributed by atoms with van der Waals surface area (Å²) in [5.41, 5.74) is 3.52. The number of nitrogens with zero attached hydrogens (tertiary/aromatic N) is 1. The van der Waals surface area contributed by atoms with E-state index in [1.54, 1.807) is 7.11 Å². The Morgan fingerprint density at radius 3 is 1.82 bits per heavy atom. The largest absolute Gasteiger partial charge is 0.490 e.